The van der Waals surface area contributed by atoms with Gasteiger partial charge in [-0.15, -0.1) is 0 Å². The van der Waals surface area contributed by atoms with Gasteiger partial charge in [0, 0.05) is 12.6 Å². The highest BCUT2D eigenvalue weighted by molar-refractivity contribution is 5.48. The van der Waals surface area contributed by atoms with Crippen LogP contribution in [0, 0.1) is 12.8 Å². The van der Waals surface area contributed by atoms with Crippen molar-refractivity contribution in [1.29, 1.82) is 0 Å². The lowest BCUT2D eigenvalue weighted by Gasteiger charge is -2.21. The van der Waals surface area contributed by atoms with Crippen molar-refractivity contribution in [2.75, 3.05) is 13.1 Å². The van der Waals surface area contributed by atoms with Gasteiger partial charge in [0.15, 0.2) is 0 Å². The normalized spacial score (nSPS) is 19.1. The molecule has 1 N–H and O–H groups in total. The zero-order chi connectivity index (χ0) is 13.8. The Hall–Kier alpha value is -1.75. The second-order valence-corrected chi connectivity index (χ2v) is 5.48. The number of aryl methyl sites for hydroxylation is 2. The van der Waals surface area contributed by atoms with Crippen molar-refractivity contribution in [2.24, 2.45) is 5.92 Å². The van der Waals surface area contributed by atoms with Crippen LogP contribution >= 0.6 is 0 Å². The van der Waals surface area contributed by atoms with E-state index < -0.39 is 0 Å². The summed E-state index contributed by atoms with van der Waals surface area (Å²) in [6.07, 6.45) is 6.30. The minimum Gasteiger partial charge on any atom is -0.339 e. The quantitative estimate of drug-likeness (QED) is 0.925. The number of pyridine rings is 1. The average Bonchev–Trinajstić information content (AvgIpc) is 2.95. The standard InChI is InChI=1S/C15H20N4O/c1-11-6-8-17-13(9-11)15-18-14(20-19-15)5-4-12-3-2-7-16-10-12/h6,8-9,12,16H,2-5,7,10H2,1H3. The summed E-state index contributed by atoms with van der Waals surface area (Å²) in [5.41, 5.74) is 1.92. The number of aromatic nitrogens is 3. The van der Waals surface area contributed by atoms with E-state index in [0.29, 0.717) is 11.7 Å². The molecule has 20 heavy (non-hydrogen) atoms. The molecule has 0 spiro atoms. The van der Waals surface area contributed by atoms with Gasteiger partial charge in [0.25, 0.3) is 0 Å². The highest BCUT2D eigenvalue weighted by Gasteiger charge is 2.15. The number of piperidine rings is 1. The molecule has 5 heteroatoms. The Balaban J connectivity index is 1.61. The predicted octanol–water partition coefficient (Wildman–Crippen LogP) is 2.37. The fourth-order valence-corrected chi connectivity index (χ4v) is 2.62. The van der Waals surface area contributed by atoms with Gasteiger partial charge >= 0.3 is 0 Å². The first-order chi connectivity index (χ1) is 9.81. The molecule has 2 aromatic heterocycles. The number of hydrogen-bond acceptors (Lipinski definition) is 5. The lowest BCUT2D eigenvalue weighted by molar-refractivity contribution is 0.327. The van der Waals surface area contributed by atoms with Gasteiger partial charge in [-0.05, 0) is 62.9 Å². The first-order valence-electron chi connectivity index (χ1n) is 7.27. The maximum atomic E-state index is 5.33. The lowest BCUT2D eigenvalue weighted by atomic mass is 9.95. The third-order valence-electron chi connectivity index (χ3n) is 3.78. The molecule has 1 saturated heterocycles. The van der Waals surface area contributed by atoms with Crippen LogP contribution in [0.25, 0.3) is 11.5 Å². The maximum Gasteiger partial charge on any atom is 0.227 e. The van der Waals surface area contributed by atoms with E-state index in [1.165, 1.54) is 12.8 Å². The number of hydrogen-bond donors (Lipinski definition) is 1. The fraction of sp³-hybridized carbons (Fsp3) is 0.533. The molecule has 1 aliphatic rings. The van der Waals surface area contributed by atoms with E-state index >= 15 is 0 Å². The summed E-state index contributed by atoms with van der Waals surface area (Å²) >= 11 is 0. The van der Waals surface area contributed by atoms with Crippen LogP contribution in [0.3, 0.4) is 0 Å². The summed E-state index contributed by atoms with van der Waals surface area (Å²) in [7, 11) is 0. The van der Waals surface area contributed by atoms with Gasteiger partial charge in [0.2, 0.25) is 11.7 Å². The van der Waals surface area contributed by atoms with Gasteiger partial charge in [0.05, 0.1) is 0 Å². The molecule has 106 valence electrons. The van der Waals surface area contributed by atoms with Crippen molar-refractivity contribution in [3.63, 3.8) is 0 Å². The van der Waals surface area contributed by atoms with Crippen molar-refractivity contribution in [2.45, 2.75) is 32.6 Å². The molecule has 1 unspecified atom stereocenters. The number of nitrogens with one attached hydrogen (secondary N) is 1. The summed E-state index contributed by atoms with van der Waals surface area (Å²) in [5, 5.41) is 7.46. The summed E-state index contributed by atoms with van der Waals surface area (Å²) in [6, 6.07) is 3.93. The van der Waals surface area contributed by atoms with E-state index in [4.69, 9.17) is 4.52 Å². The molecule has 0 aliphatic carbocycles. The second kappa shape index (κ2) is 6.13. The van der Waals surface area contributed by atoms with Crippen LogP contribution in [0.2, 0.25) is 0 Å². The molecular weight excluding hydrogens is 252 g/mol. The third-order valence-corrected chi connectivity index (χ3v) is 3.78. The first-order valence-corrected chi connectivity index (χ1v) is 7.27. The predicted molar refractivity (Wildman–Crippen MR) is 76.2 cm³/mol. The van der Waals surface area contributed by atoms with Crippen LogP contribution in [0.4, 0.5) is 0 Å². The molecule has 5 nitrogen and oxygen atoms in total. The monoisotopic (exact) mass is 272 g/mol. The van der Waals surface area contributed by atoms with Crippen molar-refractivity contribution in [3.05, 3.63) is 29.8 Å². The molecule has 2 aromatic rings. The van der Waals surface area contributed by atoms with E-state index in [0.717, 1.165) is 43.1 Å². The molecule has 3 rings (SSSR count). The molecular formula is C15H20N4O. The SMILES string of the molecule is Cc1ccnc(-c2noc(CCC3CCCNC3)n2)c1. The average molecular weight is 272 g/mol. The highest BCUT2D eigenvalue weighted by atomic mass is 16.5. The topological polar surface area (TPSA) is 63.8 Å². The van der Waals surface area contributed by atoms with E-state index in [1.54, 1.807) is 6.20 Å². The van der Waals surface area contributed by atoms with Gasteiger partial charge in [0.1, 0.15) is 5.69 Å². The van der Waals surface area contributed by atoms with Gasteiger partial charge < -0.3 is 9.84 Å². The number of rotatable bonds is 4. The minimum absolute atomic E-state index is 0.588. The zero-order valence-corrected chi connectivity index (χ0v) is 11.8. The van der Waals surface area contributed by atoms with Crippen LogP contribution in [-0.4, -0.2) is 28.2 Å². The van der Waals surface area contributed by atoms with Gasteiger partial charge in [-0.25, -0.2) is 0 Å². The summed E-state index contributed by atoms with van der Waals surface area (Å²) in [5.74, 6) is 2.04. The van der Waals surface area contributed by atoms with Crippen molar-refractivity contribution in [3.8, 4) is 11.5 Å². The van der Waals surface area contributed by atoms with E-state index in [-0.39, 0.29) is 0 Å². The maximum absolute atomic E-state index is 5.33. The Morgan fingerprint density at radius 3 is 3.20 bits per heavy atom. The Bertz CT molecular complexity index is 561. The summed E-state index contributed by atoms with van der Waals surface area (Å²) in [6.45, 7) is 4.29. The van der Waals surface area contributed by atoms with Crippen LogP contribution < -0.4 is 5.32 Å². The molecule has 1 atom stereocenters. The van der Waals surface area contributed by atoms with Gasteiger partial charge in [-0.3, -0.25) is 4.98 Å². The van der Waals surface area contributed by atoms with Crippen LogP contribution in [-0.2, 0) is 6.42 Å². The smallest absolute Gasteiger partial charge is 0.227 e. The molecule has 0 aromatic carbocycles. The van der Waals surface area contributed by atoms with E-state index in [9.17, 15) is 0 Å². The highest BCUT2D eigenvalue weighted by Crippen LogP contribution is 2.18. The van der Waals surface area contributed by atoms with Gasteiger partial charge in [-0.2, -0.15) is 4.98 Å². The molecule has 1 aliphatic heterocycles. The van der Waals surface area contributed by atoms with Crippen LogP contribution in [0.5, 0.6) is 0 Å². The van der Waals surface area contributed by atoms with Crippen LogP contribution in [0.1, 0.15) is 30.7 Å². The second-order valence-electron chi connectivity index (χ2n) is 5.48. The van der Waals surface area contributed by atoms with Crippen LogP contribution in [0.15, 0.2) is 22.9 Å². The van der Waals surface area contributed by atoms with Crippen molar-refractivity contribution in [1.82, 2.24) is 20.4 Å². The Labute approximate surface area is 118 Å². The fourth-order valence-electron chi connectivity index (χ4n) is 2.62. The Morgan fingerprint density at radius 2 is 2.40 bits per heavy atom. The zero-order valence-electron chi connectivity index (χ0n) is 11.8. The van der Waals surface area contributed by atoms with E-state index in [2.05, 4.69) is 20.4 Å². The minimum atomic E-state index is 0.588. The van der Waals surface area contributed by atoms with Crippen molar-refractivity contribution < 1.29 is 4.52 Å². The van der Waals surface area contributed by atoms with Crippen molar-refractivity contribution >= 4 is 0 Å². The Kier molecular flexibility index (Phi) is 4.06. The molecule has 0 radical (unpaired) electrons. The molecule has 3 heterocycles. The largest absolute Gasteiger partial charge is 0.339 e. The summed E-state index contributed by atoms with van der Waals surface area (Å²) in [4.78, 5) is 8.72. The van der Waals surface area contributed by atoms with Gasteiger partial charge in [-0.1, -0.05) is 5.16 Å². The summed E-state index contributed by atoms with van der Waals surface area (Å²) < 4.78 is 5.33. The Morgan fingerprint density at radius 1 is 1.45 bits per heavy atom. The molecule has 0 saturated carbocycles. The van der Waals surface area contributed by atoms with E-state index in [1.807, 2.05) is 19.1 Å². The molecule has 0 bridgehead atoms. The molecule has 0 amide bonds. The lowest BCUT2D eigenvalue weighted by Crippen LogP contribution is -2.29. The first kappa shape index (κ1) is 13.2. The number of nitrogens with zero attached hydrogens (tertiary/aromatic N) is 3. The molecule has 1 fully saturated rings. The third kappa shape index (κ3) is 3.22.